The van der Waals surface area contributed by atoms with E-state index in [1.165, 1.54) is 0 Å². The van der Waals surface area contributed by atoms with Gasteiger partial charge in [0.15, 0.2) is 6.61 Å². The minimum Gasteiger partial charge on any atom is -0.484 e. The first-order valence-electron chi connectivity index (χ1n) is 8.31. The summed E-state index contributed by atoms with van der Waals surface area (Å²) in [5.74, 6) is 0.303. The summed E-state index contributed by atoms with van der Waals surface area (Å²) in [4.78, 5) is 12.0. The van der Waals surface area contributed by atoms with Crippen LogP contribution >= 0.6 is 0 Å². The van der Waals surface area contributed by atoms with E-state index in [4.69, 9.17) is 4.74 Å². The molecule has 7 heteroatoms. The lowest BCUT2D eigenvalue weighted by atomic mass is 10.2. The van der Waals surface area contributed by atoms with Gasteiger partial charge in [0.05, 0.1) is 4.90 Å². The van der Waals surface area contributed by atoms with Gasteiger partial charge in [0.25, 0.3) is 5.91 Å². The molecule has 2 aromatic rings. The van der Waals surface area contributed by atoms with Crippen LogP contribution in [0.2, 0.25) is 0 Å². The van der Waals surface area contributed by atoms with E-state index in [0.717, 1.165) is 11.1 Å². The Bertz CT molecular complexity index is 862. The molecule has 0 radical (unpaired) electrons. The third kappa shape index (κ3) is 5.86. The van der Waals surface area contributed by atoms with Crippen LogP contribution in [0.5, 0.6) is 5.75 Å². The van der Waals surface area contributed by atoms with Crippen molar-refractivity contribution in [3.63, 3.8) is 0 Å². The summed E-state index contributed by atoms with van der Waals surface area (Å²) in [5.41, 5.74) is 2.80. The van der Waals surface area contributed by atoms with Gasteiger partial charge in [-0.1, -0.05) is 35.4 Å². The van der Waals surface area contributed by atoms with E-state index in [2.05, 4.69) is 10.0 Å². The normalized spacial score (nSPS) is 11.2. The minimum atomic E-state index is -3.60. The highest BCUT2D eigenvalue weighted by Crippen LogP contribution is 2.16. The Balaban J connectivity index is 1.75. The molecule has 2 aromatic carbocycles. The van der Waals surface area contributed by atoms with E-state index >= 15 is 0 Å². The quantitative estimate of drug-likeness (QED) is 0.691. The maximum Gasteiger partial charge on any atom is 0.257 e. The van der Waals surface area contributed by atoms with Gasteiger partial charge < -0.3 is 10.1 Å². The zero-order chi connectivity index (χ0) is 19.2. The molecule has 0 aromatic heterocycles. The number of benzene rings is 2. The number of carbonyl (C=O) groups excluding carboxylic acids is 1. The number of hydrogen-bond acceptors (Lipinski definition) is 4. The van der Waals surface area contributed by atoms with Crippen molar-refractivity contribution in [2.75, 3.05) is 19.7 Å². The Morgan fingerprint density at radius 1 is 0.962 bits per heavy atom. The van der Waals surface area contributed by atoms with Crippen molar-refractivity contribution in [3.05, 3.63) is 59.2 Å². The summed E-state index contributed by atoms with van der Waals surface area (Å²) in [6.07, 6.45) is 0. The molecular weight excluding hydrogens is 352 g/mol. The van der Waals surface area contributed by atoms with E-state index in [1.807, 2.05) is 32.0 Å². The maximum absolute atomic E-state index is 12.3. The fraction of sp³-hybridized carbons (Fsp3) is 0.316. The van der Waals surface area contributed by atoms with Crippen LogP contribution in [0, 0.1) is 20.8 Å². The molecule has 0 fully saturated rings. The van der Waals surface area contributed by atoms with Crippen molar-refractivity contribution in [2.45, 2.75) is 25.7 Å². The number of aryl methyl sites for hydroxylation is 3. The van der Waals surface area contributed by atoms with Crippen molar-refractivity contribution in [1.29, 1.82) is 0 Å². The van der Waals surface area contributed by atoms with Gasteiger partial charge >= 0.3 is 0 Å². The molecule has 2 rings (SSSR count). The molecule has 0 aliphatic heterocycles. The van der Waals surface area contributed by atoms with Gasteiger partial charge in [-0.25, -0.2) is 13.1 Å². The van der Waals surface area contributed by atoms with Crippen LogP contribution in [0.1, 0.15) is 16.7 Å². The predicted octanol–water partition coefficient (Wildman–Crippen LogP) is 2.09. The van der Waals surface area contributed by atoms with E-state index in [0.29, 0.717) is 11.3 Å². The third-order valence-electron chi connectivity index (χ3n) is 3.75. The summed E-state index contributed by atoms with van der Waals surface area (Å²) >= 11 is 0. The highest BCUT2D eigenvalue weighted by atomic mass is 32.2. The van der Waals surface area contributed by atoms with Crippen LogP contribution in [0.3, 0.4) is 0 Å². The molecule has 0 aliphatic rings. The maximum atomic E-state index is 12.3. The Labute approximate surface area is 154 Å². The summed E-state index contributed by atoms with van der Waals surface area (Å²) in [6.45, 7) is 5.80. The summed E-state index contributed by atoms with van der Waals surface area (Å²) < 4.78 is 32.5. The van der Waals surface area contributed by atoms with Gasteiger partial charge in [0.2, 0.25) is 10.0 Å². The van der Waals surface area contributed by atoms with E-state index in [-0.39, 0.29) is 30.5 Å². The SMILES string of the molecule is Cc1ccc(OCC(=O)NCCNS(=O)(=O)c2ccc(C)cc2C)cc1. The molecule has 0 bridgehead atoms. The highest BCUT2D eigenvalue weighted by molar-refractivity contribution is 7.89. The fourth-order valence-corrected chi connectivity index (χ4v) is 3.66. The molecule has 26 heavy (non-hydrogen) atoms. The molecular formula is C19H24N2O4S. The number of ether oxygens (including phenoxy) is 1. The van der Waals surface area contributed by atoms with Gasteiger partial charge in [-0.3, -0.25) is 4.79 Å². The van der Waals surface area contributed by atoms with Crippen LogP contribution in [-0.2, 0) is 14.8 Å². The van der Waals surface area contributed by atoms with Crippen LogP contribution in [-0.4, -0.2) is 34.0 Å². The minimum absolute atomic E-state index is 0.103. The molecule has 0 atom stereocenters. The van der Waals surface area contributed by atoms with Crippen molar-refractivity contribution >= 4 is 15.9 Å². The van der Waals surface area contributed by atoms with Crippen molar-refractivity contribution in [1.82, 2.24) is 10.0 Å². The van der Waals surface area contributed by atoms with E-state index < -0.39 is 10.0 Å². The van der Waals surface area contributed by atoms with Crippen LogP contribution in [0.25, 0.3) is 0 Å². The number of rotatable bonds is 8. The van der Waals surface area contributed by atoms with E-state index in [1.54, 1.807) is 31.2 Å². The lowest BCUT2D eigenvalue weighted by Gasteiger charge is -2.11. The summed E-state index contributed by atoms with van der Waals surface area (Å²) in [5, 5.41) is 2.62. The van der Waals surface area contributed by atoms with Crippen LogP contribution in [0.4, 0.5) is 0 Å². The summed E-state index contributed by atoms with van der Waals surface area (Å²) in [6, 6.07) is 12.5. The first kappa shape index (κ1) is 19.9. The first-order chi connectivity index (χ1) is 12.3. The smallest absolute Gasteiger partial charge is 0.257 e. The molecule has 0 unspecified atom stereocenters. The van der Waals surface area contributed by atoms with Gasteiger partial charge in [0.1, 0.15) is 5.75 Å². The van der Waals surface area contributed by atoms with Crippen molar-refractivity contribution in [3.8, 4) is 5.75 Å². The van der Waals surface area contributed by atoms with Gasteiger partial charge in [0, 0.05) is 13.1 Å². The average Bonchev–Trinajstić information content (AvgIpc) is 2.58. The molecule has 1 amide bonds. The molecule has 0 saturated carbocycles. The predicted molar refractivity (Wildman–Crippen MR) is 101 cm³/mol. The fourth-order valence-electron chi connectivity index (χ4n) is 2.40. The van der Waals surface area contributed by atoms with Gasteiger partial charge in [-0.05, 0) is 44.5 Å². The van der Waals surface area contributed by atoms with Gasteiger partial charge in [-0.15, -0.1) is 0 Å². The topological polar surface area (TPSA) is 84.5 Å². The molecule has 0 spiro atoms. The van der Waals surface area contributed by atoms with Crippen LogP contribution in [0.15, 0.2) is 47.4 Å². The van der Waals surface area contributed by atoms with Crippen molar-refractivity contribution < 1.29 is 17.9 Å². The standard InChI is InChI=1S/C19H24N2O4S/c1-14-4-7-17(8-5-14)25-13-19(22)20-10-11-21-26(23,24)18-9-6-15(2)12-16(18)3/h4-9,12,21H,10-11,13H2,1-3H3,(H,20,22). The molecule has 140 valence electrons. The second kappa shape index (κ2) is 8.82. The van der Waals surface area contributed by atoms with E-state index in [9.17, 15) is 13.2 Å². The molecule has 0 saturated heterocycles. The average molecular weight is 376 g/mol. The lowest BCUT2D eigenvalue weighted by molar-refractivity contribution is -0.123. The molecule has 6 nitrogen and oxygen atoms in total. The summed E-state index contributed by atoms with van der Waals surface area (Å²) in [7, 11) is -3.60. The number of sulfonamides is 1. The number of carbonyl (C=O) groups is 1. The number of amides is 1. The monoisotopic (exact) mass is 376 g/mol. The number of hydrogen-bond donors (Lipinski definition) is 2. The second-order valence-corrected chi connectivity index (χ2v) is 7.85. The van der Waals surface area contributed by atoms with Crippen molar-refractivity contribution in [2.24, 2.45) is 0 Å². The largest absolute Gasteiger partial charge is 0.484 e. The first-order valence-corrected chi connectivity index (χ1v) is 9.79. The van der Waals surface area contributed by atoms with Crippen LogP contribution < -0.4 is 14.8 Å². The molecule has 2 N–H and O–H groups in total. The Kier molecular flexibility index (Phi) is 6.76. The Hall–Kier alpha value is -2.38. The zero-order valence-corrected chi connectivity index (χ0v) is 16.0. The third-order valence-corrected chi connectivity index (χ3v) is 5.37. The number of nitrogens with one attached hydrogen (secondary N) is 2. The molecule has 0 aliphatic carbocycles. The second-order valence-electron chi connectivity index (χ2n) is 6.12. The Morgan fingerprint density at radius 3 is 2.27 bits per heavy atom. The lowest BCUT2D eigenvalue weighted by Crippen LogP contribution is -2.36. The zero-order valence-electron chi connectivity index (χ0n) is 15.2. The highest BCUT2D eigenvalue weighted by Gasteiger charge is 2.16. The van der Waals surface area contributed by atoms with Gasteiger partial charge in [-0.2, -0.15) is 0 Å². The molecule has 0 heterocycles. The Morgan fingerprint density at radius 2 is 1.62 bits per heavy atom.